The van der Waals surface area contributed by atoms with Crippen LogP contribution in [0.25, 0.3) is 22.4 Å². The Labute approximate surface area is 134 Å². The lowest BCUT2D eigenvalue weighted by Gasteiger charge is -2.14. The van der Waals surface area contributed by atoms with Crippen LogP contribution in [0, 0.1) is 5.92 Å². The summed E-state index contributed by atoms with van der Waals surface area (Å²) in [6.07, 6.45) is 1.17. The number of para-hydroxylation sites is 2. The molecule has 3 rings (SSSR count). The predicted octanol–water partition coefficient (Wildman–Crippen LogP) is 5.51. The Morgan fingerprint density at radius 2 is 1.95 bits per heavy atom. The van der Waals surface area contributed by atoms with Gasteiger partial charge < -0.3 is 4.57 Å². The first-order chi connectivity index (χ1) is 10.2. The van der Waals surface area contributed by atoms with Gasteiger partial charge in [-0.05, 0) is 30.2 Å². The molecule has 1 heterocycles. The number of fused-ring (bicyclic) bond motifs is 1. The molecule has 3 aromatic rings. The molecule has 108 valence electrons. The van der Waals surface area contributed by atoms with E-state index in [0.29, 0.717) is 5.92 Å². The quantitative estimate of drug-likeness (QED) is 0.611. The summed E-state index contributed by atoms with van der Waals surface area (Å²) in [7, 11) is 0. The minimum absolute atomic E-state index is 0.633. The molecular weight excluding hydrogens is 324 g/mol. The van der Waals surface area contributed by atoms with Gasteiger partial charge in [0.2, 0.25) is 0 Å². The molecule has 0 unspecified atom stereocenters. The Morgan fingerprint density at radius 1 is 1.14 bits per heavy atom. The first kappa shape index (κ1) is 14.3. The molecule has 0 fully saturated rings. The van der Waals surface area contributed by atoms with Crippen molar-refractivity contribution in [2.24, 2.45) is 5.92 Å². The number of hydrogen-bond donors (Lipinski definition) is 0. The van der Waals surface area contributed by atoms with Gasteiger partial charge in [-0.2, -0.15) is 0 Å². The maximum absolute atomic E-state index is 4.85. The van der Waals surface area contributed by atoms with Crippen LogP contribution in [0.4, 0.5) is 0 Å². The van der Waals surface area contributed by atoms with Crippen molar-refractivity contribution in [2.45, 2.75) is 26.8 Å². The predicted molar refractivity (Wildman–Crippen MR) is 92.3 cm³/mol. The molecule has 0 radical (unpaired) electrons. The molecule has 0 amide bonds. The van der Waals surface area contributed by atoms with Crippen LogP contribution in [-0.2, 0) is 6.54 Å². The smallest absolute Gasteiger partial charge is 0.141 e. The Balaban J connectivity index is 2.18. The second-order valence-electron chi connectivity index (χ2n) is 5.56. The van der Waals surface area contributed by atoms with Crippen LogP contribution < -0.4 is 0 Å². The molecule has 0 N–H and O–H groups in total. The molecule has 0 bridgehead atoms. The van der Waals surface area contributed by atoms with Crippen LogP contribution in [0.3, 0.4) is 0 Å². The van der Waals surface area contributed by atoms with Gasteiger partial charge in [0.25, 0.3) is 0 Å². The first-order valence-corrected chi connectivity index (χ1v) is 8.19. The molecule has 0 saturated heterocycles. The van der Waals surface area contributed by atoms with Crippen LogP contribution in [0.5, 0.6) is 0 Å². The zero-order valence-corrected chi connectivity index (χ0v) is 14.0. The molecule has 1 aromatic heterocycles. The first-order valence-electron chi connectivity index (χ1n) is 7.40. The maximum Gasteiger partial charge on any atom is 0.141 e. The lowest BCUT2D eigenvalue weighted by atomic mass is 10.1. The highest BCUT2D eigenvalue weighted by molar-refractivity contribution is 9.10. The largest absolute Gasteiger partial charge is 0.324 e. The maximum atomic E-state index is 4.85. The Morgan fingerprint density at radius 3 is 2.71 bits per heavy atom. The zero-order valence-electron chi connectivity index (χ0n) is 12.4. The van der Waals surface area contributed by atoms with E-state index in [1.165, 1.54) is 11.9 Å². The van der Waals surface area contributed by atoms with E-state index < -0.39 is 0 Å². The summed E-state index contributed by atoms with van der Waals surface area (Å²) in [6, 6.07) is 16.7. The lowest BCUT2D eigenvalue weighted by Crippen LogP contribution is -2.08. The van der Waals surface area contributed by atoms with E-state index in [4.69, 9.17) is 4.98 Å². The minimum Gasteiger partial charge on any atom is -0.324 e. The molecule has 2 aromatic carbocycles. The van der Waals surface area contributed by atoms with Gasteiger partial charge in [-0.25, -0.2) is 4.98 Å². The van der Waals surface area contributed by atoms with Crippen LogP contribution in [0.2, 0.25) is 0 Å². The molecule has 0 saturated carbocycles. The molecule has 0 spiro atoms. The number of halogens is 1. The normalized spacial score (nSPS) is 12.7. The summed E-state index contributed by atoms with van der Waals surface area (Å²) < 4.78 is 3.44. The van der Waals surface area contributed by atoms with Gasteiger partial charge in [0.1, 0.15) is 5.82 Å². The molecule has 21 heavy (non-hydrogen) atoms. The minimum atomic E-state index is 0.633. The summed E-state index contributed by atoms with van der Waals surface area (Å²) in [5, 5.41) is 0. The molecular formula is C18H19BrN2. The Bertz CT molecular complexity index is 761. The SMILES string of the molecule is CC[C@H](C)Cn1c(-c2cccc(Br)c2)nc2ccccc21. The highest BCUT2D eigenvalue weighted by Gasteiger charge is 2.14. The molecule has 3 heteroatoms. The summed E-state index contributed by atoms with van der Waals surface area (Å²) >= 11 is 3.56. The van der Waals surface area contributed by atoms with E-state index in [9.17, 15) is 0 Å². The van der Waals surface area contributed by atoms with E-state index in [0.717, 1.165) is 27.9 Å². The summed E-state index contributed by atoms with van der Waals surface area (Å²) in [6.45, 7) is 5.53. The number of benzene rings is 2. The van der Waals surface area contributed by atoms with Gasteiger partial charge in [0.05, 0.1) is 11.0 Å². The van der Waals surface area contributed by atoms with Gasteiger partial charge in [-0.1, -0.05) is 60.5 Å². The molecule has 0 aliphatic heterocycles. The van der Waals surface area contributed by atoms with E-state index in [-0.39, 0.29) is 0 Å². The van der Waals surface area contributed by atoms with Crippen LogP contribution in [0.15, 0.2) is 53.0 Å². The lowest BCUT2D eigenvalue weighted by molar-refractivity contribution is 0.478. The van der Waals surface area contributed by atoms with Gasteiger partial charge in [-0.3, -0.25) is 0 Å². The standard InChI is InChI=1S/C18H19BrN2/c1-3-13(2)12-21-17-10-5-4-9-16(17)20-18(21)14-7-6-8-15(19)11-14/h4-11,13H,3,12H2,1-2H3/t13-/m0/s1. The van der Waals surface area contributed by atoms with Crippen LogP contribution in [0.1, 0.15) is 20.3 Å². The third-order valence-corrected chi connectivity index (χ3v) is 4.42. The van der Waals surface area contributed by atoms with Crippen molar-refractivity contribution in [3.8, 4) is 11.4 Å². The van der Waals surface area contributed by atoms with Crippen molar-refractivity contribution in [3.63, 3.8) is 0 Å². The second kappa shape index (κ2) is 6.02. The van der Waals surface area contributed by atoms with E-state index in [1.807, 2.05) is 12.1 Å². The number of nitrogens with zero attached hydrogens (tertiary/aromatic N) is 2. The average molecular weight is 343 g/mol. The van der Waals surface area contributed by atoms with E-state index in [2.05, 4.69) is 70.7 Å². The van der Waals surface area contributed by atoms with Crippen LogP contribution in [-0.4, -0.2) is 9.55 Å². The van der Waals surface area contributed by atoms with Gasteiger partial charge in [0.15, 0.2) is 0 Å². The van der Waals surface area contributed by atoms with Crippen molar-refractivity contribution < 1.29 is 0 Å². The topological polar surface area (TPSA) is 17.8 Å². The number of rotatable bonds is 4. The fourth-order valence-electron chi connectivity index (χ4n) is 2.55. The van der Waals surface area contributed by atoms with Crippen molar-refractivity contribution in [1.29, 1.82) is 0 Å². The Kier molecular flexibility index (Phi) is 4.11. The van der Waals surface area contributed by atoms with Crippen molar-refractivity contribution in [2.75, 3.05) is 0 Å². The van der Waals surface area contributed by atoms with Gasteiger partial charge >= 0.3 is 0 Å². The van der Waals surface area contributed by atoms with Crippen LogP contribution >= 0.6 is 15.9 Å². The number of imidazole rings is 1. The molecule has 2 nitrogen and oxygen atoms in total. The third kappa shape index (κ3) is 2.88. The van der Waals surface area contributed by atoms with Crippen molar-refractivity contribution >= 4 is 27.0 Å². The molecule has 0 aliphatic carbocycles. The summed E-state index contributed by atoms with van der Waals surface area (Å²) in [4.78, 5) is 4.85. The third-order valence-electron chi connectivity index (χ3n) is 3.93. The zero-order chi connectivity index (χ0) is 14.8. The van der Waals surface area contributed by atoms with Crippen molar-refractivity contribution in [3.05, 3.63) is 53.0 Å². The van der Waals surface area contributed by atoms with Gasteiger partial charge in [-0.15, -0.1) is 0 Å². The average Bonchev–Trinajstić information content (AvgIpc) is 2.86. The number of hydrogen-bond acceptors (Lipinski definition) is 1. The van der Waals surface area contributed by atoms with E-state index >= 15 is 0 Å². The highest BCUT2D eigenvalue weighted by atomic mass is 79.9. The fourth-order valence-corrected chi connectivity index (χ4v) is 2.95. The summed E-state index contributed by atoms with van der Waals surface area (Å²) in [5.74, 6) is 1.69. The fraction of sp³-hybridized carbons (Fsp3) is 0.278. The van der Waals surface area contributed by atoms with Gasteiger partial charge in [0, 0.05) is 16.6 Å². The monoisotopic (exact) mass is 342 g/mol. The number of aromatic nitrogens is 2. The Hall–Kier alpha value is -1.61. The second-order valence-corrected chi connectivity index (χ2v) is 6.47. The van der Waals surface area contributed by atoms with E-state index in [1.54, 1.807) is 0 Å². The molecule has 1 atom stereocenters. The summed E-state index contributed by atoms with van der Waals surface area (Å²) in [5.41, 5.74) is 3.44. The van der Waals surface area contributed by atoms with Crippen molar-refractivity contribution in [1.82, 2.24) is 9.55 Å². The highest BCUT2D eigenvalue weighted by Crippen LogP contribution is 2.28. The molecule has 0 aliphatic rings.